The average molecular weight is 376 g/mol. The van der Waals surface area contributed by atoms with Gasteiger partial charge in [-0.15, -0.1) is 11.8 Å². The van der Waals surface area contributed by atoms with Crippen LogP contribution in [0.3, 0.4) is 0 Å². The molecule has 2 fully saturated rings. The van der Waals surface area contributed by atoms with Gasteiger partial charge >= 0.3 is 5.97 Å². The fourth-order valence-corrected chi connectivity index (χ4v) is 5.42. The predicted octanol–water partition coefficient (Wildman–Crippen LogP) is 3.88. The minimum absolute atomic E-state index is 0.167. The minimum atomic E-state index is -0.348. The van der Waals surface area contributed by atoms with Crippen LogP contribution in [-0.2, 0) is 14.3 Å². The molecule has 5 heteroatoms. The van der Waals surface area contributed by atoms with Gasteiger partial charge in [-0.05, 0) is 69.4 Å². The van der Waals surface area contributed by atoms with Gasteiger partial charge in [0, 0.05) is 10.9 Å². The highest BCUT2D eigenvalue weighted by atomic mass is 32.2. The number of hydrogen-bond donors (Lipinski definition) is 1. The summed E-state index contributed by atoms with van der Waals surface area (Å²) in [5, 5.41) is 3.03. The number of esters is 1. The van der Waals surface area contributed by atoms with E-state index in [2.05, 4.69) is 24.4 Å². The number of carbonyl (C=O) groups is 2. The number of amides is 1. The molecular weight excluding hydrogens is 346 g/mol. The Kier molecular flexibility index (Phi) is 6.28. The van der Waals surface area contributed by atoms with Crippen molar-refractivity contribution in [2.75, 3.05) is 12.4 Å². The second kappa shape index (κ2) is 8.47. The average Bonchev–Trinajstić information content (AvgIpc) is 3.24. The van der Waals surface area contributed by atoms with Crippen molar-refractivity contribution in [1.82, 2.24) is 5.32 Å². The zero-order valence-electron chi connectivity index (χ0n) is 15.9. The van der Waals surface area contributed by atoms with Crippen LogP contribution in [0, 0.1) is 31.6 Å². The molecule has 0 unspecified atom stereocenters. The van der Waals surface area contributed by atoms with E-state index in [0.717, 1.165) is 22.3 Å². The Morgan fingerprint density at radius 1 is 1.27 bits per heavy atom. The quantitative estimate of drug-likeness (QED) is 0.580. The lowest BCUT2D eigenvalue weighted by molar-refractivity contribution is -0.146. The van der Waals surface area contributed by atoms with Crippen LogP contribution in [0.4, 0.5) is 0 Å². The van der Waals surface area contributed by atoms with E-state index in [0.29, 0.717) is 5.92 Å². The fraction of sp³-hybridized carbons (Fsp3) is 0.619. The fourth-order valence-electron chi connectivity index (χ4n) is 4.50. The molecule has 1 aromatic carbocycles. The molecule has 1 N–H and O–H groups in total. The van der Waals surface area contributed by atoms with Gasteiger partial charge < -0.3 is 10.1 Å². The first kappa shape index (κ1) is 19.3. The van der Waals surface area contributed by atoms with Crippen molar-refractivity contribution in [3.8, 4) is 0 Å². The second-order valence-corrected chi connectivity index (χ2v) is 8.93. The molecule has 0 saturated heterocycles. The number of aryl methyl sites for hydroxylation is 2. The molecule has 2 aliphatic rings. The monoisotopic (exact) mass is 375 g/mol. The molecule has 2 bridgehead atoms. The Labute approximate surface area is 160 Å². The number of rotatable bonds is 7. The summed E-state index contributed by atoms with van der Waals surface area (Å²) in [6.45, 7) is 5.96. The van der Waals surface area contributed by atoms with Gasteiger partial charge in [-0.2, -0.15) is 0 Å². The van der Waals surface area contributed by atoms with Crippen molar-refractivity contribution in [1.29, 1.82) is 0 Å². The summed E-state index contributed by atoms with van der Waals surface area (Å²) < 4.78 is 5.15. The molecule has 4 atom stereocenters. The Morgan fingerprint density at radius 3 is 2.77 bits per heavy atom. The minimum Gasteiger partial charge on any atom is -0.455 e. The molecule has 1 amide bonds. The summed E-state index contributed by atoms with van der Waals surface area (Å²) >= 11 is 1.46. The number of fused-ring (bicyclic) bond motifs is 2. The molecule has 3 rings (SSSR count). The number of carbonyl (C=O) groups excluding carboxylic acids is 2. The zero-order chi connectivity index (χ0) is 18.7. The van der Waals surface area contributed by atoms with Gasteiger partial charge in [-0.1, -0.05) is 24.1 Å². The Morgan fingerprint density at radius 2 is 2.08 bits per heavy atom. The van der Waals surface area contributed by atoms with Crippen molar-refractivity contribution in [2.24, 2.45) is 17.8 Å². The zero-order valence-corrected chi connectivity index (χ0v) is 16.7. The number of ether oxygens (including phenoxy) is 1. The lowest BCUT2D eigenvalue weighted by Crippen LogP contribution is -2.42. The van der Waals surface area contributed by atoms with Gasteiger partial charge in [0.15, 0.2) is 6.61 Å². The lowest BCUT2D eigenvalue weighted by Gasteiger charge is -2.28. The summed E-state index contributed by atoms with van der Waals surface area (Å²) in [5.74, 6) is 1.91. The van der Waals surface area contributed by atoms with Crippen LogP contribution in [0.15, 0.2) is 23.1 Å². The maximum atomic E-state index is 12.1. The van der Waals surface area contributed by atoms with Gasteiger partial charge in [0.05, 0.1) is 5.75 Å². The molecule has 26 heavy (non-hydrogen) atoms. The second-order valence-electron chi connectivity index (χ2n) is 7.91. The van der Waals surface area contributed by atoms with E-state index < -0.39 is 0 Å². The Bertz CT molecular complexity index is 675. The molecule has 4 nitrogen and oxygen atoms in total. The molecule has 0 aliphatic heterocycles. The highest BCUT2D eigenvalue weighted by molar-refractivity contribution is 8.00. The first-order valence-electron chi connectivity index (χ1n) is 9.57. The summed E-state index contributed by atoms with van der Waals surface area (Å²) in [6.07, 6.45) is 5.23. The number of thioether (sulfide) groups is 1. The van der Waals surface area contributed by atoms with Crippen molar-refractivity contribution < 1.29 is 14.3 Å². The molecule has 142 valence electrons. The smallest absolute Gasteiger partial charge is 0.316 e. The largest absolute Gasteiger partial charge is 0.455 e. The number of hydrogen-bond acceptors (Lipinski definition) is 4. The van der Waals surface area contributed by atoms with Crippen LogP contribution in [0.1, 0.15) is 43.7 Å². The van der Waals surface area contributed by atoms with E-state index in [1.807, 2.05) is 19.9 Å². The molecule has 2 saturated carbocycles. The van der Waals surface area contributed by atoms with E-state index in [4.69, 9.17) is 4.74 Å². The van der Waals surface area contributed by atoms with Gasteiger partial charge in [0.1, 0.15) is 0 Å². The number of nitrogens with one attached hydrogen (secondary N) is 1. The third-order valence-electron chi connectivity index (χ3n) is 5.88. The first-order valence-corrected chi connectivity index (χ1v) is 10.6. The standard InChI is InChI=1S/C21H29NO3S/c1-13-4-5-14(2)19(8-13)26-12-21(24)25-11-20(23)22-15(3)18-10-16-6-7-17(18)9-16/h4-5,8,15-18H,6-7,9-12H2,1-3H3,(H,22,23)/t15-,16-,17-,18-/m1/s1. The van der Waals surface area contributed by atoms with Crippen molar-refractivity contribution in [3.05, 3.63) is 29.3 Å². The van der Waals surface area contributed by atoms with Gasteiger partial charge in [-0.3, -0.25) is 9.59 Å². The van der Waals surface area contributed by atoms with E-state index in [1.165, 1.54) is 43.0 Å². The molecule has 0 spiro atoms. The summed E-state index contributed by atoms with van der Waals surface area (Å²) in [6, 6.07) is 6.34. The summed E-state index contributed by atoms with van der Waals surface area (Å²) in [7, 11) is 0. The van der Waals surface area contributed by atoms with Crippen LogP contribution in [0.25, 0.3) is 0 Å². The molecule has 2 aliphatic carbocycles. The normalized spacial score (nSPS) is 25.1. The maximum absolute atomic E-state index is 12.1. The van der Waals surface area contributed by atoms with Crippen LogP contribution in [0.5, 0.6) is 0 Å². The molecule has 0 heterocycles. The first-order chi connectivity index (χ1) is 12.4. The summed E-state index contributed by atoms with van der Waals surface area (Å²) in [5.41, 5.74) is 2.31. The number of benzene rings is 1. The van der Waals surface area contributed by atoms with E-state index in [-0.39, 0.29) is 30.3 Å². The van der Waals surface area contributed by atoms with Gasteiger partial charge in [-0.25, -0.2) is 0 Å². The van der Waals surface area contributed by atoms with Crippen LogP contribution in [0.2, 0.25) is 0 Å². The molecule has 0 aromatic heterocycles. The summed E-state index contributed by atoms with van der Waals surface area (Å²) in [4.78, 5) is 25.1. The third kappa shape index (κ3) is 4.81. The SMILES string of the molecule is Cc1ccc(C)c(SCC(=O)OCC(=O)N[C@H](C)[C@H]2C[C@@H]3CC[C@@H]2C3)c1. The molecular formula is C21H29NO3S. The van der Waals surface area contributed by atoms with Gasteiger partial charge in [0.25, 0.3) is 5.91 Å². The maximum Gasteiger partial charge on any atom is 0.316 e. The van der Waals surface area contributed by atoms with Crippen molar-refractivity contribution in [3.63, 3.8) is 0 Å². The van der Waals surface area contributed by atoms with E-state index >= 15 is 0 Å². The van der Waals surface area contributed by atoms with E-state index in [9.17, 15) is 9.59 Å². The van der Waals surface area contributed by atoms with Crippen LogP contribution < -0.4 is 5.32 Å². The molecule has 0 radical (unpaired) electrons. The third-order valence-corrected chi connectivity index (χ3v) is 7.01. The van der Waals surface area contributed by atoms with Crippen molar-refractivity contribution >= 4 is 23.6 Å². The van der Waals surface area contributed by atoms with Crippen molar-refractivity contribution in [2.45, 2.75) is 57.4 Å². The highest BCUT2D eigenvalue weighted by Crippen LogP contribution is 2.49. The Balaban J connectivity index is 1.37. The Hall–Kier alpha value is -1.49. The highest BCUT2D eigenvalue weighted by Gasteiger charge is 2.42. The predicted molar refractivity (Wildman–Crippen MR) is 104 cm³/mol. The van der Waals surface area contributed by atoms with Crippen LogP contribution in [-0.4, -0.2) is 30.3 Å². The molecule has 1 aromatic rings. The van der Waals surface area contributed by atoms with E-state index in [1.54, 1.807) is 0 Å². The van der Waals surface area contributed by atoms with Gasteiger partial charge in [0.2, 0.25) is 0 Å². The topological polar surface area (TPSA) is 55.4 Å². The lowest BCUT2D eigenvalue weighted by atomic mass is 9.84. The van der Waals surface area contributed by atoms with Crippen LogP contribution >= 0.6 is 11.8 Å².